The molecule has 1 atom stereocenters. The van der Waals surface area contributed by atoms with Crippen molar-refractivity contribution in [1.29, 1.82) is 0 Å². The number of hydrogen-bond acceptors (Lipinski definition) is 7. The van der Waals surface area contributed by atoms with Gasteiger partial charge in [0, 0.05) is 19.3 Å². The van der Waals surface area contributed by atoms with Gasteiger partial charge in [-0.2, -0.15) is 13.2 Å². The number of aromatic nitrogens is 3. The minimum Gasteiger partial charge on any atom is -0.505 e. The number of carbonyl (C=O) groups is 1. The first kappa shape index (κ1) is 30.3. The number of ether oxygens (including phenoxy) is 3. The van der Waals surface area contributed by atoms with Crippen LogP contribution in [0.5, 0.6) is 5.75 Å². The van der Waals surface area contributed by atoms with Crippen molar-refractivity contribution < 1.29 is 42.4 Å². The third-order valence-electron chi connectivity index (χ3n) is 6.13. The summed E-state index contributed by atoms with van der Waals surface area (Å²) < 4.78 is 55.2. The standard InChI is InChI=1S/C27H34F3N3O6/c1-26(2,3)20-14-17(13-18(25(35)36)7-8-38-11-12-39-10-9-37-4)15-23(24(20)34)33-31-21-6-5-19(27(28,29)30)16-22(21)32-33/h5-6,14-16,18,34H,7-13H2,1-4H3,(H,35,36). The number of rotatable bonds is 13. The van der Waals surface area contributed by atoms with Crippen LogP contribution >= 0.6 is 0 Å². The van der Waals surface area contributed by atoms with Crippen LogP contribution in [0.2, 0.25) is 0 Å². The summed E-state index contributed by atoms with van der Waals surface area (Å²) in [5.41, 5.74) is 0.131. The number of halogens is 3. The van der Waals surface area contributed by atoms with Crippen molar-refractivity contribution in [2.24, 2.45) is 5.92 Å². The Morgan fingerprint density at radius 1 is 0.974 bits per heavy atom. The van der Waals surface area contributed by atoms with Crippen molar-refractivity contribution in [1.82, 2.24) is 15.0 Å². The molecule has 1 heterocycles. The number of aromatic hydroxyl groups is 1. The highest BCUT2D eigenvalue weighted by Gasteiger charge is 2.31. The van der Waals surface area contributed by atoms with Crippen molar-refractivity contribution in [2.45, 2.75) is 45.2 Å². The smallest absolute Gasteiger partial charge is 0.416 e. The molecule has 3 rings (SSSR count). The number of aliphatic carboxylic acids is 1. The number of phenolic OH excluding ortho intramolecular Hbond substituents is 1. The molecular weight excluding hydrogens is 519 g/mol. The zero-order valence-corrected chi connectivity index (χ0v) is 22.4. The second-order valence-corrected chi connectivity index (χ2v) is 10.2. The molecule has 12 heteroatoms. The average molecular weight is 554 g/mol. The Bertz CT molecular complexity index is 1270. The molecule has 214 valence electrons. The van der Waals surface area contributed by atoms with Gasteiger partial charge in [-0.1, -0.05) is 26.8 Å². The number of benzene rings is 2. The summed E-state index contributed by atoms with van der Waals surface area (Å²) in [5, 5.41) is 29.4. The zero-order valence-electron chi connectivity index (χ0n) is 22.4. The molecule has 1 aromatic heterocycles. The van der Waals surface area contributed by atoms with Crippen molar-refractivity contribution in [2.75, 3.05) is 40.1 Å². The summed E-state index contributed by atoms with van der Waals surface area (Å²) in [7, 11) is 1.58. The van der Waals surface area contributed by atoms with E-state index in [1.165, 1.54) is 6.07 Å². The largest absolute Gasteiger partial charge is 0.505 e. The van der Waals surface area contributed by atoms with Gasteiger partial charge in [0.15, 0.2) is 0 Å². The highest BCUT2D eigenvalue weighted by molar-refractivity contribution is 5.75. The van der Waals surface area contributed by atoms with Gasteiger partial charge in [0.1, 0.15) is 22.5 Å². The third kappa shape index (κ3) is 8.13. The van der Waals surface area contributed by atoms with Gasteiger partial charge < -0.3 is 24.4 Å². The maximum atomic E-state index is 13.2. The summed E-state index contributed by atoms with van der Waals surface area (Å²) in [6.07, 6.45) is -4.15. The number of nitrogens with zero attached hydrogens (tertiary/aromatic N) is 3. The topological polar surface area (TPSA) is 116 Å². The van der Waals surface area contributed by atoms with Crippen molar-refractivity contribution >= 4 is 17.0 Å². The van der Waals surface area contributed by atoms with Crippen LogP contribution in [0.3, 0.4) is 0 Å². The number of hydrogen-bond donors (Lipinski definition) is 2. The molecule has 0 aliphatic heterocycles. The molecule has 0 saturated carbocycles. The summed E-state index contributed by atoms with van der Waals surface area (Å²) in [6.45, 7) is 7.48. The van der Waals surface area contributed by atoms with Crippen LogP contribution < -0.4 is 0 Å². The first-order valence-electron chi connectivity index (χ1n) is 12.5. The lowest BCUT2D eigenvalue weighted by atomic mass is 9.83. The van der Waals surface area contributed by atoms with Crippen LogP contribution in [0, 0.1) is 5.92 Å². The Morgan fingerprint density at radius 2 is 1.62 bits per heavy atom. The molecule has 0 aliphatic rings. The van der Waals surface area contributed by atoms with E-state index in [4.69, 9.17) is 14.2 Å². The quantitative estimate of drug-likeness (QED) is 0.291. The molecule has 0 radical (unpaired) electrons. The number of alkyl halides is 3. The Morgan fingerprint density at radius 3 is 2.23 bits per heavy atom. The SMILES string of the molecule is COCCOCCOCCC(Cc1cc(-n2nc3ccc(C(F)(F)F)cc3n2)c(O)c(C(C)(C)C)c1)C(=O)O. The van der Waals surface area contributed by atoms with E-state index >= 15 is 0 Å². The molecule has 0 fully saturated rings. The Hall–Kier alpha value is -3.22. The minimum absolute atomic E-state index is 0.0127. The predicted octanol–water partition coefficient (Wildman–Crippen LogP) is 4.76. The fourth-order valence-corrected chi connectivity index (χ4v) is 4.01. The van der Waals surface area contributed by atoms with Gasteiger partial charge in [0.25, 0.3) is 0 Å². The summed E-state index contributed by atoms with van der Waals surface area (Å²) in [4.78, 5) is 13.1. The molecule has 0 aliphatic carbocycles. The van der Waals surface area contributed by atoms with Crippen molar-refractivity contribution in [3.63, 3.8) is 0 Å². The van der Waals surface area contributed by atoms with Crippen LogP contribution in [-0.2, 0) is 37.0 Å². The molecule has 0 bridgehead atoms. The molecule has 1 unspecified atom stereocenters. The summed E-state index contributed by atoms with van der Waals surface area (Å²) >= 11 is 0. The number of carboxylic acids is 1. The van der Waals surface area contributed by atoms with Crippen LogP contribution in [0.15, 0.2) is 30.3 Å². The molecule has 3 aromatic rings. The van der Waals surface area contributed by atoms with E-state index < -0.39 is 29.0 Å². The zero-order chi connectivity index (χ0) is 28.8. The Labute approximate surface area is 224 Å². The van der Waals surface area contributed by atoms with E-state index in [2.05, 4.69) is 10.2 Å². The fourth-order valence-electron chi connectivity index (χ4n) is 4.01. The minimum atomic E-state index is -4.54. The van der Waals surface area contributed by atoms with Gasteiger partial charge in [0.2, 0.25) is 0 Å². The highest BCUT2D eigenvalue weighted by Crippen LogP contribution is 2.37. The van der Waals surface area contributed by atoms with E-state index in [9.17, 15) is 28.2 Å². The predicted molar refractivity (Wildman–Crippen MR) is 137 cm³/mol. The van der Waals surface area contributed by atoms with Crippen LogP contribution in [-0.4, -0.2) is 71.3 Å². The molecular formula is C27H34F3N3O6. The van der Waals surface area contributed by atoms with Gasteiger partial charge >= 0.3 is 12.1 Å². The van der Waals surface area contributed by atoms with E-state index in [1.54, 1.807) is 19.2 Å². The van der Waals surface area contributed by atoms with Gasteiger partial charge in [-0.25, -0.2) is 0 Å². The lowest BCUT2D eigenvalue weighted by molar-refractivity contribution is -0.142. The fraction of sp³-hybridized carbons (Fsp3) is 0.519. The van der Waals surface area contributed by atoms with E-state index in [1.807, 2.05) is 20.8 Å². The first-order chi connectivity index (χ1) is 18.3. The maximum absolute atomic E-state index is 13.2. The average Bonchev–Trinajstić information content (AvgIpc) is 3.27. The second-order valence-electron chi connectivity index (χ2n) is 10.2. The van der Waals surface area contributed by atoms with Crippen LogP contribution in [0.1, 0.15) is 43.9 Å². The molecule has 0 spiro atoms. The van der Waals surface area contributed by atoms with Gasteiger partial charge in [-0.05, 0) is 48.1 Å². The summed E-state index contributed by atoms with van der Waals surface area (Å²) in [5.74, 6) is -1.90. The number of fused-ring (bicyclic) bond motifs is 1. The Kier molecular flexibility index (Phi) is 9.92. The van der Waals surface area contributed by atoms with E-state index in [0.717, 1.165) is 16.9 Å². The molecule has 2 N–H and O–H groups in total. The van der Waals surface area contributed by atoms with Gasteiger partial charge in [-0.15, -0.1) is 15.0 Å². The highest BCUT2D eigenvalue weighted by atomic mass is 19.4. The maximum Gasteiger partial charge on any atom is 0.416 e. The van der Waals surface area contributed by atoms with Crippen LogP contribution in [0.4, 0.5) is 13.2 Å². The lowest BCUT2D eigenvalue weighted by Crippen LogP contribution is -2.20. The monoisotopic (exact) mass is 553 g/mol. The van der Waals surface area contributed by atoms with Crippen molar-refractivity contribution in [3.8, 4) is 11.4 Å². The number of methoxy groups -OCH3 is 1. The first-order valence-corrected chi connectivity index (χ1v) is 12.5. The van der Waals surface area contributed by atoms with Crippen LogP contribution in [0.25, 0.3) is 16.7 Å². The molecule has 2 aromatic carbocycles. The summed E-state index contributed by atoms with van der Waals surface area (Å²) in [6, 6.07) is 6.34. The normalized spacial score (nSPS) is 13.2. The van der Waals surface area contributed by atoms with E-state index in [-0.39, 0.29) is 41.9 Å². The molecule has 9 nitrogen and oxygen atoms in total. The van der Waals surface area contributed by atoms with E-state index in [0.29, 0.717) is 37.6 Å². The third-order valence-corrected chi connectivity index (χ3v) is 6.13. The van der Waals surface area contributed by atoms with Gasteiger partial charge in [-0.3, -0.25) is 4.79 Å². The number of phenols is 1. The second kappa shape index (κ2) is 12.8. The van der Waals surface area contributed by atoms with Gasteiger partial charge in [0.05, 0.1) is 37.9 Å². The number of carboxylic acid groups (broad SMARTS) is 1. The lowest BCUT2D eigenvalue weighted by Gasteiger charge is -2.23. The Balaban J connectivity index is 1.85. The molecule has 0 saturated heterocycles. The molecule has 0 amide bonds. The van der Waals surface area contributed by atoms with Crippen molar-refractivity contribution in [3.05, 3.63) is 47.0 Å². The molecule has 39 heavy (non-hydrogen) atoms.